The molecule has 0 aliphatic rings. The first-order chi connectivity index (χ1) is 47.2. The lowest BCUT2D eigenvalue weighted by molar-refractivity contribution is -2.00. The molecule has 0 fully saturated rings. The second-order valence-corrected chi connectivity index (χ2v) is 73.8. The van der Waals surface area contributed by atoms with Gasteiger partial charge in [0.25, 0.3) is 0 Å². The monoisotopic (exact) mass is 1620 g/mol. The van der Waals surface area contributed by atoms with Crippen LogP contribution in [0.1, 0.15) is 356 Å². The van der Waals surface area contributed by atoms with Crippen LogP contribution in [-0.2, 0) is 37.0 Å². The minimum atomic E-state index is -4.94. The van der Waals surface area contributed by atoms with Crippen LogP contribution in [0, 0.1) is 10.2 Å². The molecule has 610 valence electrons. The van der Waals surface area contributed by atoms with Crippen molar-refractivity contribution in [2.75, 3.05) is 0 Å². The molecule has 0 N–H and O–H groups in total. The van der Waals surface area contributed by atoms with E-state index in [1.54, 1.807) is 0 Å². The standard InChI is InChI=1S/C77H176O9Si10.ClHO4/c1-23-28-33-38-43-48-53-58-63-68-73-92(18,79-88(9,10)11)83-94(20,75-70-65-60-55-50-45-40-35-30-25-3)85-96(22,77-72-67-62-57-52-47-42-37-32-27-5)86-95(21,76-71-66-61-56-51-46-41-36-31-26-4)84-93(19,74-69-64-59-54-49-44-39-34-29-24-2)82-91(16,17)81-90(14,15)80-89(12,13)78-87(6,7)8;2-1(3,4)5/h23-77H2,1-22H3;(H,2,3,4,5)/p-1. The molecule has 0 saturated heterocycles. The molecule has 0 aliphatic carbocycles. The number of hydrogen-bond donors (Lipinski definition) is 0. The van der Waals surface area contributed by atoms with Gasteiger partial charge in [-0.1, -0.05) is 356 Å². The first-order valence-corrected chi connectivity index (χ1v) is 72.2. The van der Waals surface area contributed by atoms with E-state index in [9.17, 15) is 0 Å². The summed E-state index contributed by atoms with van der Waals surface area (Å²) in [4.78, 5) is 0. The molecule has 101 heavy (non-hydrogen) atoms. The highest BCUT2D eigenvalue weighted by atomic mass is 35.7. The maximum atomic E-state index is 8.49. The van der Waals surface area contributed by atoms with Gasteiger partial charge >= 0.3 is 68.5 Å². The smallest absolute Gasteiger partial charge is 0.317 e. The Bertz CT molecular complexity index is 1890. The summed E-state index contributed by atoms with van der Waals surface area (Å²) in [6.07, 6.45) is 65.7. The fraction of sp³-hybridized carbons (Fsp3) is 1.00. The summed E-state index contributed by atoms with van der Waals surface area (Å²) in [6.45, 7) is 51.4. The molecule has 5 atom stereocenters. The van der Waals surface area contributed by atoms with E-state index in [0.717, 1.165) is 55.9 Å². The summed E-state index contributed by atoms with van der Waals surface area (Å²) in [5.74, 6) is 0. The SMILES string of the molecule is CCCCCCCCCCCC[Si](C)(O[Si](C)(C)C)O[Si](C)(CCCCCCCCCCCC)O[Si](C)(CCCCCCCCCCCC)O[Si](C)(CCCCCCCCCCCC)O[Si](C)(CCCCCCCCCCCC)O[Si](C)(C)O[Si](C)(C)O[Si](C)(C)O[Si](C)(C)C.[O-][Cl+3]([O-])([O-])[O-]. The van der Waals surface area contributed by atoms with Gasteiger partial charge in [0.2, 0.25) is 0 Å². The first-order valence-electron chi connectivity index (χ1n) is 43.1. The van der Waals surface area contributed by atoms with E-state index in [0.29, 0.717) is 0 Å². The lowest BCUT2D eigenvalue weighted by Gasteiger charge is -2.48. The number of hydrogen-bond acceptors (Lipinski definition) is 13. The number of rotatable bonds is 73. The van der Waals surface area contributed by atoms with E-state index < -0.39 is 95.4 Å². The predicted octanol–water partition coefficient (Wildman–Crippen LogP) is 25.1. The summed E-state index contributed by atoms with van der Waals surface area (Å²) in [6, 6.07) is 4.91. The maximum absolute atomic E-state index is 8.49. The van der Waals surface area contributed by atoms with Gasteiger partial charge in [-0.2, -0.15) is 0 Å². The molecule has 13 nitrogen and oxygen atoms in total. The van der Waals surface area contributed by atoms with E-state index in [1.165, 1.54) is 295 Å². The van der Waals surface area contributed by atoms with Crippen LogP contribution >= 0.6 is 0 Å². The van der Waals surface area contributed by atoms with Crippen LogP contribution in [-0.4, -0.2) is 85.1 Å². The van der Waals surface area contributed by atoms with Crippen molar-refractivity contribution < 1.29 is 65.9 Å². The van der Waals surface area contributed by atoms with Gasteiger partial charge < -0.3 is 37.0 Å². The maximum Gasteiger partial charge on any atom is 0.317 e. The van der Waals surface area contributed by atoms with Crippen molar-refractivity contribution in [3.8, 4) is 0 Å². The largest absolute Gasteiger partial charge is 0.437 e. The van der Waals surface area contributed by atoms with Crippen LogP contribution in [0.4, 0.5) is 0 Å². The van der Waals surface area contributed by atoms with Crippen molar-refractivity contribution >= 4 is 85.1 Å². The van der Waals surface area contributed by atoms with Gasteiger partial charge in [0, 0.05) is 0 Å². The van der Waals surface area contributed by atoms with Crippen molar-refractivity contribution in [2.24, 2.45) is 0 Å². The Morgan fingerprint density at radius 2 is 0.297 bits per heavy atom. The van der Waals surface area contributed by atoms with Gasteiger partial charge in [-0.15, -0.1) is 10.2 Å². The summed E-state index contributed by atoms with van der Waals surface area (Å²) in [5, 5.41) is 0. The minimum absolute atomic E-state index is 0.942. The van der Waals surface area contributed by atoms with Crippen LogP contribution in [0.15, 0.2) is 0 Å². The third-order valence-electron chi connectivity index (χ3n) is 19.2. The van der Waals surface area contributed by atoms with Crippen molar-refractivity contribution in [2.45, 2.75) is 497 Å². The molecule has 0 saturated carbocycles. The number of unbranched alkanes of at least 4 members (excludes halogenated alkanes) is 45. The summed E-state index contributed by atoms with van der Waals surface area (Å²) < 4.78 is 104. The molecule has 24 heteroatoms. The zero-order chi connectivity index (χ0) is 76.8. The molecule has 0 aliphatic heterocycles. The van der Waals surface area contributed by atoms with Gasteiger partial charge in [0.1, 0.15) is 0 Å². The highest BCUT2D eigenvalue weighted by Gasteiger charge is 2.55. The van der Waals surface area contributed by atoms with Gasteiger partial charge in [-0.3, -0.25) is 0 Å². The molecule has 0 amide bonds. The Labute approximate surface area is 643 Å². The summed E-state index contributed by atoms with van der Waals surface area (Å²) in [5.41, 5.74) is 0. The molecular formula is C77H176ClO13Si10-. The van der Waals surface area contributed by atoms with Crippen molar-refractivity contribution in [3.05, 3.63) is 0 Å². The topological polar surface area (TPSA) is 175 Å². The second kappa shape index (κ2) is 59.7. The second-order valence-electron chi connectivity index (χ2n) is 35.0. The molecule has 5 unspecified atom stereocenters. The quantitative estimate of drug-likeness (QED) is 0.0416. The van der Waals surface area contributed by atoms with Crippen LogP contribution in [0.2, 0.25) is 142 Å². The first kappa shape index (κ1) is 105. The number of halogens is 1. The molecule has 0 aromatic rings. The Morgan fingerprint density at radius 1 is 0.168 bits per heavy atom. The molecule has 0 spiro atoms. The fourth-order valence-corrected chi connectivity index (χ4v) is 67.5. The molecule has 0 radical (unpaired) electrons. The third kappa shape index (κ3) is 69.6. The zero-order valence-corrected chi connectivity index (χ0v) is 82.3. The highest BCUT2D eigenvalue weighted by molar-refractivity contribution is 6.94. The molecule has 0 heterocycles. The Morgan fingerprint density at radius 3 is 0.465 bits per heavy atom. The van der Waals surface area contributed by atoms with Gasteiger partial charge in [0.05, 0.1) is 0 Å². The predicted molar refractivity (Wildman–Crippen MR) is 450 cm³/mol. The van der Waals surface area contributed by atoms with Gasteiger partial charge in [-0.25, -0.2) is 18.6 Å². The molecule has 0 rings (SSSR count). The average Bonchev–Trinajstić information content (AvgIpc) is 0.786. The van der Waals surface area contributed by atoms with E-state index in [-0.39, 0.29) is 0 Å². The highest BCUT2D eigenvalue weighted by Crippen LogP contribution is 2.39. The van der Waals surface area contributed by atoms with E-state index >= 15 is 0 Å². The van der Waals surface area contributed by atoms with Crippen molar-refractivity contribution in [1.29, 1.82) is 0 Å². The lowest BCUT2D eigenvalue weighted by Crippen LogP contribution is -2.68. The Balaban J connectivity index is 0. The fourth-order valence-electron chi connectivity index (χ4n) is 15.3. The van der Waals surface area contributed by atoms with E-state index in [1.807, 2.05) is 0 Å². The lowest BCUT2D eigenvalue weighted by atomic mass is 10.1. The van der Waals surface area contributed by atoms with Crippen molar-refractivity contribution in [1.82, 2.24) is 0 Å². The van der Waals surface area contributed by atoms with Crippen molar-refractivity contribution in [3.63, 3.8) is 0 Å². The van der Waals surface area contributed by atoms with Gasteiger partial charge in [-0.05, 0) is 142 Å². The molecule has 0 bridgehead atoms. The Hall–Kier alpha value is 1.94. The van der Waals surface area contributed by atoms with Gasteiger partial charge in [0.15, 0.2) is 16.6 Å². The van der Waals surface area contributed by atoms with Crippen LogP contribution in [0.5, 0.6) is 0 Å². The zero-order valence-electron chi connectivity index (χ0n) is 71.6. The molecular weight excluding hydrogens is 1450 g/mol. The summed E-state index contributed by atoms with van der Waals surface area (Å²) >= 11 is 0. The minimum Gasteiger partial charge on any atom is -0.437 e. The third-order valence-corrected chi connectivity index (χ3v) is 59.4. The normalized spacial score (nSPS) is 16.0. The van der Waals surface area contributed by atoms with E-state index in [4.69, 9.17) is 55.7 Å². The molecule has 0 aromatic carbocycles. The van der Waals surface area contributed by atoms with Crippen LogP contribution in [0.25, 0.3) is 0 Å². The Kier molecular flexibility index (Phi) is 62.0. The molecule has 0 aromatic heterocycles. The average molecular weight is 1630 g/mol. The van der Waals surface area contributed by atoms with E-state index in [2.05, 4.69) is 146 Å². The summed E-state index contributed by atoms with van der Waals surface area (Å²) in [7, 11) is -31.7. The van der Waals surface area contributed by atoms with Crippen LogP contribution in [0.3, 0.4) is 0 Å². The van der Waals surface area contributed by atoms with Crippen LogP contribution < -0.4 is 18.6 Å².